The van der Waals surface area contributed by atoms with Crippen LogP contribution in [0.2, 0.25) is 5.15 Å². The normalized spacial score (nSPS) is 11.2. The quantitative estimate of drug-likeness (QED) is 0.525. The Morgan fingerprint density at radius 2 is 1.80 bits per heavy atom. The van der Waals surface area contributed by atoms with E-state index in [0.29, 0.717) is 6.61 Å². The Balaban J connectivity index is 1.89. The number of fused-ring (bicyclic) bond motifs is 1. The number of sulfonamides is 1. The first kappa shape index (κ1) is 21.3. The molecular formula is C15H16ClN7O6S. The summed E-state index contributed by atoms with van der Waals surface area (Å²) in [4.78, 5) is 23.9. The van der Waals surface area contributed by atoms with E-state index in [1.54, 1.807) is 11.6 Å². The lowest BCUT2D eigenvalue weighted by atomic mass is 10.5. The highest BCUT2D eigenvalue weighted by Gasteiger charge is 2.28. The lowest BCUT2D eigenvalue weighted by molar-refractivity contribution is 0.256. The Hall–Kier alpha value is -3.39. The summed E-state index contributed by atoms with van der Waals surface area (Å²) < 4.78 is 43.4. The van der Waals surface area contributed by atoms with E-state index in [0.717, 1.165) is 4.52 Å². The highest BCUT2D eigenvalue weighted by molar-refractivity contribution is 7.90. The van der Waals surface area contributed by atoms with E-state index in [1.807, 2.05) is 0 Å². The summed E-state index contributed by atoms with van der Waals surface area (Å²) in [5, 5.41) is 5.29. The van der Waals surface area contributed by atoms with Gasteiger partial charge in [0.15, 0.2) is 10.8 Å². The summed E-state index contributed by atoms with van der Waals surface area (Å²) in [6.45, 7) is 2.06. The molecule has 2 N–H and O–H groups in total. The molecule has 0 radical (unpaired) electrons. The number of hydrogen-bond acceptors (Lipinski definition) is 10. The SMILES string of the molecule is CCOc1ccc2nc(Cl)c(S(=O)(=O)NC(=O)Nc3nc(OC)cc(OC)n3)n2n1. The molecule has 15 heteroatoms. The summed E-state index contributed by atoms with van der Waals surface area (Å²) >= 11 is 5.98. The number of ether oxygens (including phenoxy) is 3. The van der Waals surface area contributed by atoms with Gasteiger partial charge in [0, 0.05) is 6.07 Å². The first-order chi connectivity index (χ1) is 14.3. The molecule has 0 saturated heterocycles. The van der Waals surface area contributed by atoms with Crippen LogP contribution in [0.1, 0.15) is 6.92 Å². The lowest BCUT2D eigenvalue weighted by Gasteiger charge is -2.09. The summed E-state index contributed by atoms with van der Waals surface area (Å²) in [6.07, 6.45) is 0. The Bertz CT molecular complexity index is 1180. The van der Waals surface area contributed by atoms with Crippen LogP contribution in [0.4, 0.5) is 10.7 Å². The smallest absolute Gasteiger partial charge is 0.335 e. The van der Waals surface area contributed by atoms with Gasteiger partial charge in [0.25, 0.3) is 10.0 Å². The van der Waals surface area contributed by atoms with Crippen LogP contribution in [-0.2, 0) is 10.0 Å². The Kier molecular flexibility index (Phi) is 6.07. The summed E-state index contributed by atoms with van der Waals surface area (Å²) in [7, 11) is -1.78. The Morgan fingerprint density at radius 3 is 2.40 bits per heavy atom. The van der Waals surface area contributed by atoms with Crippen LogP contribution in [0, 0.1) is 0 Å². The zero-order valence-electron chi connectivity index (χ0n) is 15.9. The fourth-order valence-corrected chi connectivity index (χ4v) is 3.78. The third kappa shape index (κ3) is 4.44. The van der Waals surface area contributed by atoms with Crippen molar-refractivity contribution >= 4 is 39.3 Å². The topological polar surface area (TPSA) is 159 Å². The number of nitrogens with zero attached hydrogens (tertiary/aromatic N) is 5. The molecule has 0 aliphatic rings. The van der Waals surface area contributed by atoms with Crippen molar-refractivity contribution in [2.75, 3.05) is 26.1 Å². The molecule has 3 aromatic heterocycles. The van der Waals surface area contributed by atoms with Crippen molar-refractivity contribution < 1.29 is 27.4 Å². The van der Waals surface area contributed by atoms with Gasteiger partial charge in [-0.1, -0.05) is 11.6 Å². The van der Waals surface area contributed by atoms with E-state index in [-0.39, 0.29) is 34.4 Å². The van der Waals surface area contributed by atoms with Crippen LogP contribution in [0.3, 0.4) is 0 Å². The first-order valence-corrected chi connectivity index (χ1v) is 10.1. The maximum absolute atomic E-state index is 12.8. The van der Waals surface area contributed by atoms with Crippen LogP contribution in [-0.4, -0.2) is 59.8 Å². The van der Waals surface area contributed by atoms with Gasteiger partial charge in [-0.05, 0) is 13.0 Å². The van der Waals surface area contributed by atoms with Crippen molar-refractivity contribution in [2.24, 2.45) is 0 Å². The van der Waals surface area contributed by atoms with E-state index < -0.39 is 21.1 Å². The number of carbonyl (C=O) groups excluding carboxylic acids is 1. The van der Waals surface area contributed by atoms with E-state index in [9.17, 15) is 13.2 Å². The number of halogens is 1. The van der Waals surface area contributed by atoms with Gasteiger partial charge in [-0.25, -0.2) is 14.5 Å². The maximum atomic E-state index is 12.8. The summed E-state index contributed by atoms with van der Waals surface area (Å²) in [6, 6.07) is 3.20. The molecule has 3 aromatic rings. The molecule has 0 aliphatic carbocycles. The van der Waals surface area contributed by atoms with Gasteiger partial charge < -0.3 is 14.2 Å². The molecule has 0 fully saturated rings. The minimum absolute atomic E-state index is 0.0949. The number of imidazole rings is 1. The molecule has 30 heavy (non-hydrogen) atoms. The molecule has 2 amide bonds. The highest BCUT2D eigenvalue weighted by atomic mass is 35.5. The molecule has 0 spiro atoms. The number of hydrogen-bond donors (Lipinski definition) is 2. The number of carbonyl (C=O) groups is 1. The second-order valence-electron chi connectivity index (χ2n) is 5.42. The second kappa shape index (κ2) is 8.54. The summed E-state index contributed by atoms with van der Waals surface area (Å²) in [5.41, 5.74) is 0.144. The zero-order chi connectivity index (χ0) is 21.9. The summed E-state index contributed by atoms with van der Waals surface area (Å²) in [5.74, 6) is 0.0896. The van der Waals surface area contributed by atoms with E-state index in [2.05, 4.69) is 25.4 Å². The van der Waals surface area contributed by atoms with E-state index >= 15 is 0 Å². The number of anilines is 1. The molecule has 0 atom stereocenters. The molecule has 160 valence electrons. The van der Waals surface area contributed by atoms with Gasteiger partial charge in [-0.2, -0.15) is 22.9 Å². The Morgan fingerprint density at radius 1 is 1.13 bits per heavy atom. The molecule has 0 unspecified atom stereocenters. The molecule has 0 aliphatic heterocycles. The van der Waals surface area contributed by atoms with E-state index in [1.165, 1.54) is 32.4 Å². The van der Waals surface area contributed by atoms with Gasteiger partial charge in [-0.3, -0.25) is 5.32 Å². The van der Waals surface area contributed by atoms with Gasteiger partial charge >= 0.3 is 6.03 Å². The predicted molar refractivity (Wildman–Crippen MR) is 104 cm³/mol. The van der Waals surface area contributed by atoms with Crippen LogP contribution in [0.5, 0.6) is 17.6 Å². The number of nitrogens with one attached hydrogen (secondary N) is 2. The molecule has 0 saturated carbocycles. The molecular weight excluding hydrogens is 442 g/mol. The fraction of sp³-hybridized carbons (Fsp3) is 0.267. The Labute approximate surface area is 175 Å². The van der Waals surface area contributed by atoms with Crippen molar-refractivity contribution in [3.63, 3.8) is 0 Å². The van der Waals surface area contributed by atoms with Crippen molar-refractivity contribution in [1.82, 2.24) is 29.3 Å². The van der Waals surface area contributed by atoms with Crippen molar-refractivity contribution in [3.8, 4) is 17.6 Å². The monoisotopic (exact) mass is 457 g/mol. The molecule has 0 bridgehead atoms. The lowest BCUT2D eigenvalue weighted by Crippen LogP contribution is -2.35. The molecule has 3 heterocycles. The van der Waals surface area contributed by atoms with Crippen LogP contribution in [0.15, 0.2) is 23.2 Å². The number of methoxy groups -OCH3 is 2. The number of urea groups is 1. The standard InChI is InChI=1S/C15H16ClN7O6S/c1-4-29-9-6-5-8-17-12(16)13(23(8)21-9)30(25,26)22-15(24)20-14-18-10(27-2)7-11(19-14)28-3/h5-7H,4H2,1-3H3,(H2,18,19,20,22,24). The first-order valence-electron chi connectivity index (χ1n) is 8.26. The van der Waals surface area contributed by atoms with Crippen LogP contribution >= 0.6 is 11.6 Å². The fourth-order valence-electron chi connectivity index (χ4n) is 2.29. The van der Waals surface area contributed by atoms with Crippen molar-refractivity contribution in [3.05, 3.63) is 23.4 Å². The van der Waals surface area contributed by atoms with Gasteiger partial charge in [-0.15, -0.1) is 5.10 Å². The minimum Gasteiger partial charge on any atom is -0.481 e. The number of amides is 2. The van der Waals surface area contributed by atoms with E-state index in [4.69, 9.17) is 25.8 Å². The van der Waals surface area contributed by atoms with Crippen LogP contribution in [0.25, 0.3) is 5.65 Å². The minimum atomic E-state index is -4.49. The van der Waals surface area contributed by atoms with Gasteiger partial charge in [0.2, 0.25) is 28.6 Å². The predicted octanol–water partition coefficient (Wildman–Crippen LogP) is 1.10. The zero-order valence-corrected chi connectivity index (χ0v) is 17.5. The third-order valence-electron chi connectivity index (χ3n) is 3.47. The average Bonchev–Trinajstić information content (AvgIpc) is 3.03. The third-order valence-corrected chi connectivity index (χ3v) is 5.17. The number of aromatic nitrogens is 5. The second-order valence-corrected chi connectivity index (χ2v) is 7.37. The average molecular weight is 458 g/mol. The van der Waals surface area contributed by atoms with Crippen LogP contribution < -0.4 is 24.2 Å². The van der Waals surface area contributed by atoms with Crippen molar-refractivity contribution in [2.45, 2.75) is 11.9 Å². The molecule has 0 aromatic carbocycles. The number of rotatable bonds is 7. The van der Waals surface area contributed by atoms with Gasteiger partial charge in [0.05, 0.1) is 26.9 Å². The van der Waals surface area contributed by atoms with Crippen molar-refractivity contribution in [1.29, 1.82) is 0 Å². The maximum Gasteiger partial charge on any atom is 0.335 e. The van der Waals surface area contributed by atoms with Gasteiger partial charge in [0.1, 0.15) is 0 Å². The largest absolute Gasteiger partial charge is 0.481 e. The molecule has 13 nitrogen and oxygen atoms in total. The molecule has 3 rings (SSSR count). The highest BCUT2D eigenvalue weighted by Crippen LogP contribution is 2.23.